The van der Waals surface area contributed by atoms with Crippen LogP contribution < -0.4 is 4.72 Å². The lowest BCUT2D eigenvalue weighted by Crippen LogP contribution is -2.30. The molecule has 1 N–H and O–H groups in total. The molecule has 8 heteroatoms. The van der Waals surface area contributed by atoms with Crippen LogP contribution in [0.15, 0.2) is 47.4 Å². The molecule has 0 unspecified atom stereocenters. The average Bonchev–Trinajstić information content (AvgIpc) is 3.00. The van der Waals surface area contributed by atoms with E-state index in [1.54, 1.807) is 19.1 Å². The highest BCUT2D eigenvalue weighted by Gasteiger charge is 2.47. The molecule has 2 aliphatic rings. The third-order valence-electron chi connectivity index (χ3n) is 6.08. The lowest BCUT2D eigenvalue weighted by Gasteiger charge is -2.19. The zero-order valence-corrected chi connectivity index (χ0v) is 18.0. The molecule has 1 heterocycles. The van der Waals surface area contributed by atoms with Gasteiger partial charge in [0.2, 0.25) is 11.8 Å². The lowest BCUT2D eigenvalue weighted by molar-refractivity contribution is -0.140. The predicted octanol–water partition coefficient (Wildman–Crippen LogP) is 3.34. The van der Waals surface area contributed by atoms with Gasteiger partial charge in [-0.05, 0) is 61.2 Å². The van der Waals surface area contributed by atoms with Crippen LogP contribution in [0, 0.1) is 30.1 Å². The van der Waals surface area contributed by atoms with Crippen LogP contribution in [0.3, 0.4) is 0 Å². The van der Waals surface area contributed by atoms with E-state index in [2.05, 4.69) is 4.72 Å². The van der Waals surface area contributed by atoms with Gasteiger partial charge in [0.25, 0.3) is 10.0 Å². The summed E-state index contributed by atoms with van der Waals surface area (Å²) < 4.78 is 28.5. The Morgan fingerprint density at radius 2 is 1.65 bits per heavy atom. The molecule has 1 saturated carbocycles. The second-order valence-corrected chi connectivity index (χ2v) is 9.81. The minimum atomic E-state index is -3.89. The molecule has 1 aliphatic carbocycles. The zero-order chi connectivity index (χ0) is 22.2. The minimum absolute atomic E-state index is 0.0737. The molecule has 2 amide bonds. The van der Waals surface area contributed by atoms with Crippen LogP contribution in [0.4, 0.5) is 5.69 Å². The van der Waals surface area contributed by atoms with Crippen molar-refractivity contribution in [1.29, 1.82) is 5.26 Å². The number of imide groups is 1. The van der Waals surface area contributed by atoms with Crippen molar-refractivity contribution < 1.29 is 18.0 Å². The molecule has 0 spiro atoms. The summed E-state index contributed by atoms with van der Waals surface area (Å²) in [6.07, 6.45) is 3.41. The zero-order valence-electron chi connectivity index (χ0n) is 17.2. The van der Waals surface area contributed by atoms with Crippen LogP contribution in [0.2, 0.25) is 0 Å². The van der Waals surface area contributed by atoms with Crippen LogP contribution in [0.25, 0.3) is 0 Å². The van der Waals surface area contributed by atoms with Gasteiger partial charge in [-0.3, -0.25) is 19.2 Å². The van der Waals surface area contributed by atoms with Gasteiger partial charge in [0, 0.05) is 5.69 Å². The number of rotatable bonds is 5. The molecule has 1 aliphatic heterocycles. The van der Waals surface area contributed by atoms with Crippen molar-refractivity contribution in [2.45, 2.75) is 44.0 Å². The number of nitriles is 1. The second kappa shape index (κ2) is 8.16. The van der Waals surface area contributed by atoms with Crippen LogP contribution in [-0.2, 0) is 26.2 Å². The Bertz CT molecular complexity index is 1160. The first-order valence-corrected chi connectivity index (χ1v) is 11.8. The molecular formula is C23H23N3O4S. The fourth-order valence-electron chi connectivity index (χ4n) is 4.42. The summed E-state index contributed by atoms with van der Waals surface area (Å²) in [6, 6.07) is 13.1. The van der Waals surface area contributed by atoms with E-state index in [0.29, 0.717) is 22.4 Å². The maximum Gasteiger partial charge on any atom is 0.262 e. The summed E-state index contributed by atoms with van der Waals surface area (Å²) in [5.41, 5.74) is 1.92. The normalized spacial score (nSPS) is 21.0. The number of hydrogen-bond acceptors (Lipinski definition) is 5. The number of aryl methyl sites for hydroxylation is 1. The Morgan fingerprint density at radius 1 is 1.03 bits per heavy atom. The lowest BCUT2D eigenvalue weighted by atomic mass is 9.81. The van der Waals surface area contributed by atoms with Gasteiger partial charge in [0.05, 0.1) is 34.9 Å². The first-order valence-electron chi connectivity index (χ1n) is 10.3. The van der Waals surface area contributed by atoms with E-state index in [4.69, 9.17) is 5.26 Å². The number of nitrogens with one attached hydrogen (secondary N) is 1. The number of nitrogens with zero attached hydrogens (tertiary/aromatic N) is 2. The molecule has 0 aromatic heterocycles. The molecular weight excluding hydrogens is 414 g/mol. The molecule has 4 rings (SSSR count). The van der Waals surface area contributed by atoms with Gasteiger partial charge in [-0.25, -0.2) is 8.42 Å². The standard InChI is InChI=1S/C23H23N3O4S/c1-15-6-7-17(14-26-22(27)19-4-2-3-5-20(19)23(26)28)12-21(15)31(29,30)25-18-10-8-16(13-24)9-11-18/h6-12,19-20,25H,2-5,14H2,1H3/t19-,20-/m0/s1. The number of carbonyl (C=O) groups is 2. The maximum atomic E-state index is 13.0. The Labute approximate surface area is 181 Å². The number of sulfonamides is 1. The van der Waals surface area contributed by atoms with Crippen molar-refractivity contribution in [2.24, 2.45) is 11.8 Å². The van der Waals surface area contributed by atoms with Crippen molar-refractivity contribution in [1.82, 2.24) is 4.90 Å². The first kappa shape index (κ1) is 21.1. The maximum absolute atomic E-state index is 13.0. The third-order valence-corrected chi connectivity index (χ3v) is 7.60. The third kappa shape index (κ3) is 4.06. The topological polar surface area (TPSA) is 107 Å². The van der Waals surface area contributed by atoms with Gasteiger partial charge in [-0.1, -0.05) is 25.0 Å². The SMILES string of the molecule is Cc1ccc(CN2C(=O)[C@H]3CCCC[C@@H]3C2=O)cc1S(=O)(=O)Nc1ccc(C#N)cc1. The van der Waals surface area contributed by atoms with Gasteiger partial charge in [-0.15, -0.1) is 0 Å². The number of likely N-dealkylation sites (tertiary alicyclic amines) is 1. The summed E-state index contributed by atoms with van der Waals surface area (Å²) in [6.45, 7) is 1.77. The number of hydrogen-bond donors (Lipinski definition) is 1. The van der Waals surface area contributed by atoms with E-state index in [-0.39, 0.29) is 35.1 Å². The number of anilines is 1. The Balaban J connectivity index is 1.57. The quantitative estimate of drug-likeness (QED) is 0.722. The van der Waals surface area contributed by atoms with Crippen LogP contribution in [-0.4, -0.2) is 25.1 Å². The second-order valence-electron chi connectivity index (χ2n) is 8.15. The number of benzene rings is 2. The highest BCUT2D eigenvalue weighted by Crippen LogP contribution is 2.38. The average molecular weight is 438 g/mol. The Hall–Kier alpha value is -3.18. The molecule has 0 radical (unpaired) electrons. The van der Waals surface area contributed by atoms with Gasteiger partial charge in [0.1, 0.15) is 0 Å². The Kier molecular flexibility index (Phi) is 5.54. The molecule has 160 valence electrons. The van der Waals surface area contributed by atoms with E-state index in [1.165, 1.54) is 35.2 Å². The molecule has 1 saturated heterocycles. The minimum Gasteiger partial charge on any atom is -0.280 e. The highest BCUT2D eigenvalue weighted by molar-refractivity contribution is 7.92. The first-order chi connectivity index (χ1) is 14.8. The van der Waals surface area contributed by atoms with E-state index in [1.807, 2.05) is 6.07 Å². The van der Waals surface area contributed by atoms with Gasteiger partial charge in [0.15, 0.2) is 0 Å². The van der Waals surface area contributed by atoms with Crippen LogP contribution in [0.1, 0.15) is 42.4 Å². The van der Waals surface area contributed by atoms with E-state index < -0.39 is 10.0 Å². The summed E-state index contributed by atoms with van der Waals surface area (Å²) >= 11 is 0. The van der Waals surface area contributed by atoms with E-state index in [0.717, 1.165) is 25.7 Å². The highest BCUT2D eigenvalue weighted by atomic mass is 32.2. The summed E-state index contributed by atoms with van der Waals surface area (Å²) in [5, 5.41) is 8.89. The predicted molar refractivity (Wildman–Crippen MR) is 114 cm³/mol. The van der Waals surface area contributed by atoms with Crippen LogP contribution >= 0.6 is 0 Å². The van der Waals surface area contributed by atoms with Crippen molar-refractivity contribution in [3.63, 3.8) is 0 Å². The summed E-state index contributed by atoms with van der Waals surface area (Å²) in [5.74, 6) is -0.744. The van der Waals surface area contributed by atoms with Crippen molar-refractivity contribution >= 4 is 27.5 Å². The molecule has 7 nitrogen and oxygen atoms in total. The van der Waals surface area contributed by atoms with Gasteiger partial charge >= 0.3 is 0 Å². The van der Waals surface area contributed by atoms with Crippen molar-refractivity contribution in [2.75, 3.05) is 4.72 Å². The van der Waals surface area contributed by atoms with Gasteiger partial charge in [-0.2, -0.15) is 5.26 Å². The van der Waals surface area contributed by atoms with Gasteiger partial charge < -0.3 is 0 Å². The van der Waals surface area contributed by atoms with Crippen LogP contribution in [0.5, 0.6) is 0 Å². The van der Waals surface area contributed by atoms with Crippen molar-refractivity contribution in [3.8, 4) is 6.07 Å². The summed E-state index contributed by atoms with van der Waals surface area (Å²) in [4.78, 5) is 26.9. The van der Waals surface area contributed by atoms with Crippen molar-refractivity contribution in [3.05, 3.63) is 59.2 Å². The molecule has 31 heavy (non-hydrogen) atoms. The number of fused-ring (bicyclic) bond motifs is 1. The fraction of sp³-hybridized carbons (Fsp3) is 0.348. The molecule has 2 aromatic rings. The largest absolute Gasteiger partial charge is 0.280 e. The molecule has 2 fully saturated rings. The number of carbonyl (C=O) groups excluding carboxylic acids is 2. The fourth-order valence-corrected chi connectivity index (χ4v) is 5.78. The number of amides is 2. The summed E-state index contributed by atoms with van der Waals surface area (Å²) in [7, 11) is -3.89. The Morgan fingerprint density at radius 3 is 2.23 bits per heavy atom. The smallest absolute Gasteiger partial charge is 0.262 e. The molecule has 2 aromatic carbocycles. The monoisotopic (exact) mass is 437 g/mol. The van der Waals surface area contributed by atoms with E-state index >= 15 is 0 Å². The van der Waals surface area contributed by atoms with E-state index in [9.17, 15) is 18.0 Å². The molecule has 2 atom stereocenters. The molecule has 0 bridgehead atoms.